The van der Waals surface area contributed by atoms with Gasteiger partial charge in [-0.15, -0.1) is 0 Å². The zero-order chi connectivity index (χ0) is 13.0. The van der Waals surface area contributed by atoms with Crippen molar-refractivity contribution in [3.63, 3.8) is 0 Å². The summed E-state index contributed by atoms with van der Waals surface area (Å²) in [5.74, 6) is 0.721. The number of furan rings is 1. The van der Waals surface area contributed by atoms with Crippen LogP contribution >= 0.6 is 15.9 Å². The van der Waals surface area contributed by atoms with Crippen LogP contribution in [0.3, 0.4) is 0 Å². The largest absolute Gasteiger partial charge is 0.493 e. The summed E-state index contributed by atoms with van der Waals surface area (Å²) in [6.07, 6.45) is 0.898. The third kappa shape index (κ3) is 2.82. The molecular weight excluding hydrogens is 296 g/mol. The summed E-state index contributed by atoms with van der Waals surface area (Å²) < 4.78 is 11.4. The van der Waals surface area contributed by atoms with Gasteiger partial charge in [-0.1, -0.05) is 19.1 Å². The van der Waals surface area contributed by atoms with Crippen molar-refractivity contribution < 1.29 is 13.9 Å². The van der Waals surface area contributed by atoms with E-state index in [1.807, 2.05) is 19.1 Å². The van der Waals surface area contributed by atoms with E-state index in [0.717, 1.165) is 6.42 Å². The number of benzene rings is 1. The van der Waals surface area contributed by atoms with E-state index in [1.54, 1.807) is 24.3 Å². The number of ketones is 1. The van der Waals surface area contributed by atoms with Gasteiger partial charge in [0.25, 0.3) is 0 Å². The first-order chi connectivity index (χ1) is 8.72. The van der Waals surface area contributed by atoms with Crippen LogP contribution in [0.25, 0.3) is 0 Å². The Hall–Kier alpha value is -1.55. The topological polar surface area (TPSA) is 39.4 Å². The van der Waals surface area contributed by atoms with Crippen molar-refractivity contribution in [3.8, 4) is 5.75 Å². The first-order valence-electron chi connectivity index (χ1n) is 5.74. The predicted octanol–water partition coefficient (Wildman–Crippen LogP) is 4.06. The van der Waals surface area contributed by atoms with E-state index in [1.165, 1.54) is 0 Å². The van der Waals surface area contributed by atoms with Gasteiger partial charge in [0.2, 0.25) is 5.78 Å². The Morgan fingerprint density at radius 1 is 1.28 bits per heavy atom. The fourth-order valence-electron chi connectivity index (χ4n) is 1.56. The molecule has 0 atom stereocenters. The van der Waals surface area contributed by atoms with Gasteiger partial charge in [0.15, 0.2) is 10.4 Å². The maximum Gasteiger partial charge on any atom is 0.231 e. The molecule has 2 rings (SSSR count). The van der Waals surface area contributed by atoms with Gasteiger partial charge < -0.3 is 9.15 Å². The highest BCUT2D eigenvalue weighted by atomic mass is 79.9. The molecule has 0 unspecified atom stereocenters. The molecule has 2 aromatic rings. The summed E-state index contributed by atoms with van der Waals surface area (Å²) in [5.41, 5.74) is 0.521. The number of carbonyl (C=O) groups is 1. The zero-order valence-electron chi connectivity index (χ0n) is 9.98. The van der Waals surface area contributed by atoms with Gasteiger partial charge in [-0.3, -0.25) is 4.79 Å². The maximum atomic E-state index is 12.2. The van der Waals surface area contributed by atoms with Crippen LogP contribution in [-0.2, 0) is 0 Å². The van der Waals surface area contributed by atoms with Crippen molar-refractivity contribution in [2.24, 2.45) is 0 Å². The monoisotopic (exact) mass is 308 g/mol. The second kappa shape index (κ2) is 5.87. The van der Waals surface area contributed by atoms with E-state index < -0.39 is 0 Å². The molecule has 3 nitrogen and oxygen atoms in total. The molecule has 0 radical (unpaired) electrons. The minimum Gasteiger partial charge on any atom is -0.493 e. The molecule has 0 N–H and O–H groups in total. The molecule has 0 fully saturated rings. The minimum absolute atomic E-state index is 0.174. The van der Waals surface area contributed by atoms with Crippen LogP contribution < -0.4 is 4.74 Å². The molecule has 18 heavy (non-hydrogen) atoms. The van der Waals surface area contributed by atoms with Crippen LogP contribution in [0.2, 0.25) is 0 Å². The summed E-state index contributed by atoms with van der Waals surface area (Å²) in [4.78, 5) is 12.2. The molecule has 4 heteroatoms. The van der Waals surface area contributed by atoms with Crippen molar-refractivity contribution in [3.05, 3.63) is 52.4 Å². The molecule has 0 bridgehead atoms. The molecule has 0 saturated heterocycles. The van der Waals surface area contributed by atoms with Crippen molar-refractivity contribution in [2.75, 3.05) is 6.61 Å². The van der Waals surface area contributed by atoms with Gasteiger partial charge in [0, 0.05) is 0 Å². The molecule has 0 aliphatic carbocycles. The van der Waals surface area contributed by atoms with Gasteiger partial charge in [-0.05, 0) is 46.6 Å². The molecule has 1 aromatic carbocycles. The molecule has 0 spiro atoms. The normalized spacial score (nSPS) is 10.3. The van der Waals surface area contributed by atoms with Crippen LogP contribution in [0.5, 0.6) is 5.75 Å². The molecule has 0 saturated carbocycles. The maximum absolute atomic E-state index is 12.2. The van der Waals surface area contributed by atoms with E-state index in [-0.39, 0.29) is 5.78 Å². The zero-order valence-corrected chi connectivity index (χ0v) is 11.6. The average Bonchev–Trinajstić information content (AvgIpc) is 2.82. The Morgan fingerprint density at radius 3 is 2.72 bits per heavy atom. The van der Waals surface area contributed by atoms with Gasteiger partial charge in [0.1, 0.15) is 5.75 Å². The molecule has 0 aliphatic rings. The second-order valence-corrected chi connectivity index (χ2v) is 4.56. The summed E-state index contributed by atoms with van der Waals surface area (Å²) in [6.45, 7) is 2.61. The van der Waals surface area contributed by atoms with Crippen molar-refractivity contribution in [1.82, 2.24) is 0 Å². The number of para-hydroxylation sites is 1. The third-order valence-corrected chi connectivity index (χ3v) is 2.82. The van der Waals surface area contributed by atoms with Gasteiger partial charge in [-0.25, -0.2) is 0 Å². The van der Waals surface area contributed by atoms with E-state index >= 15 is 0 Å². The van der Waals surface area contributed by atoms with Crippen molar-refractivity contribution in [1.29, 1.82) is 0 Å². The van der Waals surface area contributed by atoms with E-state index in [4.69, 9.17) is 9.15 Å². The molecular formula is C14H13BrO3. The van der Waals surface area contributed by atoms with Gasteiger partial charge in [0.05, 0.1) is 12.2 Å². The van der Waals surface area contributed by atoms with Crippen molar-refractivity contribution >= 4 is 21.7 Å². The number of hydrogen-bond acceptors (Lipinski definition) is 3. The highest BCUT2D eigenvalue weighted by Crippen LogP contribution is 2.24. The van der Waals surface area contributed by atoms with Crippen LogP contribution in [0.1, 0.15) is 29.5 Å². The number of rotatable bonds is 5. The molecule has 1 heterocycles. The fourth-order valence-corrected chi connectivity index (χ4v) is 1.87. The standard InChI is InChI=1S/C14H13BrO3/c1-2-9-17-11-6-4-3-5-10(11)14(16)12-7-8-13(15)18-12/h3-8H,2,9H2,1H3. The van der Waals surface area contributed by atoms with E-state index in [0.29, 0.717) is 28.3 Å². The Morgan fingerprint density at radius 2 is 2.06 bits per heavy atom. The lowest BCUT2D eigenvalue weighted by molar-refractivity contribution is 0.100. The van der Waals surface area contributed by atoms with Gasteiger partial charge >= 0.3 is 0 Å². The van der Waals surface area contributed by atoms with E-state index in [2.05, 4.69) is 15.9 Å². The quantitative estimate of drug-likeness (QED) is 0.782. The highest BCUT2D eigenvalue weighted by Gasteiger charge is 2.17. The first kappa shape index (κ1) is 12.9. The first-order valence-corrected chi connectivity index (χ1v) is 6.53. The third-order valence-electron chi connectivity index (χ3n) is 2.39. The van der Waals surface area contributed by atoms with Crippen LogP contribution in [-0.4, -0.2) is 12.4 Å². The number of hydrogen-bond donors (Lipinski definition) is 0. The SMILES string of the molecule is CCCOc1ccccc1C(=O)c1ccc(Br)o1. The van der Waals surface area contributed by atoms with Crippen LogP contribution in [0.4, 0.5) is 0 Å². The number of halogens is 1. The lowest BCUT2D eigenvalue weighted by atomic mass is 10.1. The fraction of sp³-hybridized carbons (Fsp3) is 0.214. The minimum atomic E-state index is -0.174. The number of carbonyl (C=O) groups excluding carboxylic acids is 1. The lowest BCUT2D eigenvalue weighted by Gasteiger charge is -2.08. The summed E-state index contributed by atoms with van der Waals surface area (Å²) >= 11 is 3.18. The molecule has 94 valence electrons. The highest BCUT2D eigenvalue weighted by molar-refractivity contribution is 9.10. The summed E-state index contributed by atoms with van der Waals surface area (Å²) in [5, 5.41) is 0. The summed E-state index contributed by atoms with van der Waals surface area (Å²) in [7, 11) is 0. The Kier molecular flexibility index (Phi) is 4.20. The Bertz CT molecular complexity index is 545. The number of ether oxygens (including phenoxy) is 1. The Balaban J connectivity index is 2.29. The molecule has 0 amide bonds. The molecule has 0 aliphatic heterocycles. The average molecular weight is 309 g/mol. The smallest absolute Gasteiger partial charge is 0.231 e. The summed E-state index contributed by atoms with van der Waals surface area (Å²) in [6, 6.07) is 10.5. The predicted molar refractivity (Wildman–Crippen MR) is 72.1 cm³/mol. The second-order valence-electron chi connectivity index (χ2n) is 3.78. The molecule has 1 aromatic heterocycles. The lowest BCUT2D eigenvalue weighted by Crippen LogP contribution is -2.05. The Labute approximate surface area is 114 Å². The van der Waals surface area contributed by atoms with Crippen molar-refractivity contribution in [2.45, 2.75) is 13.3 Å². The van der Waals surface area contributed by atoms with E-state index in [9.17, 15) is 4.79 Å². The van der Waals surface area contributed by atoms with Crippen LogP contribution in [0, 0.1) is 0 Å². The van der Waals surface area contributed by atoms with Crippen LogP contribution in [0.15, 0.2) is 45.5 Å². The van der Waals surface area contributed by atoms with Gasteiger partial charge in [-0.2, -0.15) is 0 Å².